The molecule has 1 fully saturated rings. The molecule has 1 aliphatic carbocycles. The molecular formula is C21H36N2O4S2. The van der Waals surface area contributed by atoms with E-state index in [4.69, 9.17) is 0 Å². The zero-order chi connectivity index (χ0) is 21.7. The molecule has 29 heavy (non-hydrogen) atoms. The Kier molecular flexibility index (Phi) is 8.70. The Morgan fingerprint density at radius 3 is 2.24 bits per heavy atom. The summed E-state index contributed by atoms with van der Waals surface area (Å²) in [6.07, 6.45) is 6.29. The number of benzene rings is 1. The molecule has 0 spiro atoms. The van der Waals surface area contributed by atoms with E-state index in [2.05, 4.69) is 34.6 Å². The minimum Gasteiger partial charge on any atom is -0.215 e. The van der Waals surface area contributed by atoms with Crippen LogP contribution in [0.5, 0.6) is 0 Å². The molecule has 1 unspecified atom stereocenters. The van der Waals surface area contributed by atoms with Gasteiger partial charge >= 0.3 is 0 Å². The second-order valence-corrected chi connectivity index (χ2v) is 12.8. The summed E-state index contributed by atoms with van der Waals surface area (Å²) in [5, 5.41) is -0.398. The summed E-state index contributed by atoms with van der Waals surface area (Å²) in [5.41, 5.74) is 2.48. The Bertz CT molecular complexity index is 858. The molecule has 0 aliphatic heterocycles. The average molecular weight is 445 g/mol. The van der Waals surface area contributed by atoms with Gasteiger partial charge in [0.05, 0.1) is 11.5 Å². The van der Waals surface area contributed by atoms with Crippen molar-refractivity contribution in [3.05, 3.63) is 35.4 Å². The van der Waals surface area contributed by atoms with E-state index in [1.54, 1.807) is 13.8 Å². The highest BCUT2D eigenvalue weighted by atomic mass is 32.2. The summed E-state index contributed by atoms with van der Waals surface area (Å²) in [6.45, 7) is 6.47. The van der Waals surface area contributed by atoms with Crippen LogP contribution in [0.1, 0.15) is 63.5 Å². The molecule has 0 saturated heterocycles. The van der Waals surface area contributed by atoms with Crippen molar-refractivity contribution in [3.63, 3.8) is 0 Å². The monoisotopic (exact) mass is 444 g/mol. The van der Waals surface area contributed by atoms with Gasteiger partial charge in [-0.15, -0.1) is 0 Å². The van der Waals surface area contributed by atoms with Crippen molar-refractivity contribution in [1.82, 2.24) is 9.44 Å². The Balaban J connectivity index is 1.85. The highest BCUT2D eigenvalue weighted by molar-refractivity contribution is 7.90. The number of nitrogens with one attached hydrogen (secondary N) is 2. The highest BCUT2D eigenvalue weighted by Crippen LogP contribution is 2.38. The quantitative estimate of drug-likeness (QED) is 0.580. The fraction of sp³-hybridized carbons (Fsp3) is 0.714. The van der Waals surface area contributed by atoms with Gasteiger partial charge in [-0.3, -0.25) is 0 Å². The predicted octanol–water partition coefficient (Wildman–Crippen LogP) is 3.02. The topological polar surface area (TPSA) is 92.3 Å². The lowest BCUT2D eigenvalue weighted by Crippen LogP contribution is -2.36. The fourth-order valence-corrected chi connectivity index (χ4v) is 5.29. The van der Waals surface area contributed by atoms with Crippen LogP contribution in [-0.4, -0.2) is 41.4 Å². The molecular weight excluding hydrogens is 408 g/mol. The van der Waals surface area contributed by atoms with Crippen molar-refractivity contribution in [2.75, 3.05) is 19.3 Å². The summed E-state index contributed by atoms with van der Waals surface area (Å²) in [7, 11) is -6.35. The lowest BCUT2D eigenvalue weighted by atomic mass is 9.74. The van der Waals surface area contributed by atoms with Crippen LogP contribution in [0.4, 0.5) is 0 Å². The van der Waals surface area contributed by atoms with Gasteiger partial charge in [0.25, 0.3) is 0 Å². The average Bonchev–Trinajstić information content (AvgIpc) is 2.65. The molecule has 1 aromatic carbocycles. The van der Waals surface area contributed by atoms with Crippen molar-refractivity contribution in [3.8, 4) is 0 Å². The number of hydrogen-bond acceptors (Lipinski definition) is 4. The van der Waals surface area contributed by atoms with Gasteiger partial charge in [0.15, 0.2) is 0 Å². The predicted molar refractivity (Wildman–Crippen MR) is 119 cm³/mol. The van der Waals surface area contributed by atoms with Crippen LogP contribution in [0.25, 0.3) is 0 Å². The minimum absolute atomic E-state index is 0.331. The third kappa shape index (κ3) is 8.00. The third-order valence-electron chi connectivity index (χ3n) is 6.00. The van der Waals surface area contributed by atoms with Crippen molar-refractivity contribution < 1.29 is 16.8 Å². The van der Waals surface area contributed by atoms with E-state index in [9.17, 15) is 16.8 Å². The molecule has 0 heterocycles. The molecule has 0 amide bonds. The Morgan fingerprint density at radius 2 is 1.66 bits per heavy atom. The molecule has 1 atom stereocenters. The van der Waals surface area contributed by atoms with Gasteiger partial charge in [-0.2, -0.15) is 0 Å². The molecule has 0 aromatic heterocycles. The molecule has 2 N–H and O–H groups in total. The van der Waals surface area contributed by atoms with E-state index in [0.717, 1.165) is 31.2 Å². The lowest BCUT2D eigenvalue weighted by Gasteiger charge is -2.33. The molecule has 166 valence electrons. The second-order valence-electron chi connectivity index (χ2n) is 8.69. The summed E-state index contributed by atoms with van der Waals surface area (Å²) in [4.78, 5) is 0. The molecule has 0 bridgehead atoms. The molecule has 0 radical (unpaired) electrons. The maximum absolute atomic E-state index is 12.0. The van der Waals surface area contributed by atoms with Gasteiger partial charge < -0.3 is 0 Å². The van der Waals surface area contributed by atoms with Crippen molar-refractivity contribution >= 4 is 20.0 Å². The van der Waals surface area contributed by atoms with Crippen LogP contribution < -0.4 is 9.44 Å². The molecule has 8 heteroatoms. The normalized spacial score (nSPS) is 22.0. The molecule has 1 aliphatic rings. The smallest absolute Gasteiger partial charge is 0.213 e. The first-order chi connectivity index (χ1) is 13.5. The van der Waals surface area contributed by atoms with Crippen LogP contribution >= 0.6 is 0 Å². The van der Waals surface area contributed by atoms with Gasteiger partial charge in [0, 0.05) is 13.1 Å². The van der Waals surface area contributed by atoms with Crippen molar-refractivity contribution in [2.24, 2.45) is 11.8 Å². The number of sulfonamides is 2. The summed E-state index contributed by atoms with van der Waals surface area (Å²) in [6, 6.07) is 8.47. The first-order valence-electron chi connectivity index (χ1n) is 10.5. The van der Waals surface area contributed by atoms with Gasteiger partial charge in [-0.1, -0.05) is 31.2 Å². The first-order valence-corrected chi connectivity index (χ1v) is 13.9. The highest BCUT2D eigenvalue weighted by Gasteiger charge is 2.27. The summed E-state index contributed by atoms with van der Waals surface area (Å²) in [5.74, 6) is 1.40. The SMILES string of the molecule is CC(CNS(=O)(=O)C(C)C)C1CCC(c2cccc(CCNS(C)(=O)=O)c2)CC1. The van der Waals surface area contributed by atoms with Gasteiger partial charge in [0.1, 0.15) is 0 Å². The Hall–Kier alpha value is -0.960. The van der Waals surface area contributed by atoms with E-state index in [1.165, 1.54) is 11.8 Å². The molecule has 1 saturated carbocycles. The number of rotatable bonds is 10. The van der Waals surface area contributed by atoms with Crippen LogP contribution in [0.3, 0.4) is 0 Å². The first kappa shape index (κ1) is 24.3. The van der Waals surface area contributed by atoms with E-state index >= 15 is 0 Å². The summed E-state index contributed by atoms with van der Waals surface area (Å²) < 4.78 is 51.6. The van der Waals surface area contributed by atoms with Gasteiger partial charge in [-0.25, -0.2) is 26.3 Å². The second kappa shape index (κ2) is 10.4. The number of hydrogen-bond donors (Lipinski definition) is 2. The zero-order valence-electron chi connectivity index (χ0n) is 18.0. The maximum atomic E-state index is 12.0. The fourth-order valence-electron chi connectivity index (χ4n) is 3.99. The summed E-state index contributed by atoms with van der Waals surface area (Å²) >= 11 is 0. The van der Waals surface area contributed by atoms with Crippen LogP contribution in [0, 0.1) is 11.8 Å². The zero-order valence-corrected chi connectivity index (χ0v) is 19.7. The van der Waals surface area contributed by atoms with Crippen molar-refractivity contribution in [1.29, 1.82) is 0 Å². The molecule has 1 aromatic rings. The minimum atomic E-state index is -3.20. The van der Waals surface area contributed by atoms with Crippen LogP contribution in [0.15, 0.2) is 24.3 Å². The maximum Gasteiger partial charge on any atom is 0.213 e. The molecule has 6 nitrogen and oxygen atoms in total. The van der Waals surface area contributed by atoms with E-state index in [1.807, 2.05) is 6.07 Å². The van der Waals surface area contributed by atoms with Crippen LogP contribution in [-0.2, 0) is 26.5 Å². The molecule has 2 rings (SSSR count). The van der Waals surface area contributed by atoms with E-state index < -0.39 is 25.3 Å². The third-order valence-corrected chi connectivity index (χ3v) is 8.54. The van der Waals surface area contributed by atoms with Crippen molar-refractivity contribution in [2.45, 2.75) is 64.0 Å². The van der Waals surface area contributed by atoms with Crippen LogP contribution in [0.2, 0.25) is 0 Å². The lowest BCUT2D eigenvalue weighted by molar-refractivity contribution is 0.246. The Labute approximate surface area is 177 Å². The van der Waals surface area contributed by atoms with E-state index in [-0.39, 0.29) is 0 Å². The Morgan fingerprint density at radius 1 is 1.00 bits per heavy atom. The van der Waals surface area contributed by atoms with E-state index in [0.29, 0.717) is 37.3 Å². The van der Waals surface area contributed by atoms with Gasteiger partial charge in [-0.05, 0) is 74.8 Å². The standard InChI is InChI=1S/C21H36N2O4S2/c1-16(2)29(26,27)23-15-17(3)19-8-10-20(11-9-19)21-7-5-6-18(14-21)12-13-22-28(4,24)25/h5-7,14,16-17,19-20,22-23H,8-13,15H2,1-4H3. The largest absolute Gasteiger partial charge is 0.215 e. The van der Waals surface area contributed by atoms with Gasteiger partial charge in [0.2, 0.25) is 20.0 Å².